The first-order valence-corrected chi connectivity index (χ1v) is 9.37. The zero-order valence-corrected chi connectivity index (χ0v) is 14.0. The first-order valence-electron chi connectivity index (χ1n) is 7.01. The first-order chi connectivity index (χ1) is 11.1. The van der Waals surface area contributed by atoms with Crippen LogP contribution in [0.1, 0.15) is 12.0 Å². The molecule has 1 aromatic heterocycles. The van der Waals surface area contributed by atoms with Gasteiger partial charge in [-0.05, 0) is 29.5 Å². The molecule has 1 heterocycles. The molecular weight excluding hydrogens is 330 g/mol. The highest BCUT2D eigenvalue weighted by Crippen LogP contribution is 2.17. The normalized spacial score (nSPS) is 13.6. The van der Waals surface area contributed by atoms with E-state index in [9.17, 15) is 13.2 Å². The maximum Gasteiger partial charge on any atom is 0.250 e. The van der Waals surface area contributed by atoms with Crippen LogP contribution in [-0.2, 0) is 14.8 Å². The third kappa shape index (κ3) is 5.59. The van der Waals surface area contributed by atoms with Gasteiger partial charge in [0.2, 0.25) is 0 Å². The van der Waals surface area contributed by atoms with E-state index < -0.39 is 16.1 Å². The van der Waals surface area contributed by atoms with E-state index in [4.69, 9.17) is 0 Å². The molecule has 0 radical (unpaired) electrons. The number of thiophene rings is 1. The minimum atomic E-state index is -3.56. The Labute approximate surface area is 140 Å². The van der Waals surface area contributed by atoms with Crippen LogP contribution in [0.25, 0.3) is 6.08 Å². The molecule has 0 fully saturated rings. The summed E-state index contributed by atoms with van der Waals surface area (Å²) >= 11 is 1.17. The topological polar surface area (TPSA) is 63.2 Å². The Kier molecular flexibility index (Phi) is 6.46. The molecule has 0 aliphatic heterocycles. The average molecular weight is 347 g/mol. The molecule has 0 spiro atoms. The summed E-state index contributed by atoms with van der Waals surface area (Å²) in [5.41, 5.74) is 0.979. The highest BCUT2D eigenvalue weighted by atomic mass is 32.2. The second-order valence-corrected chi connectivity index (χ2v) is 7.62. The van der Waals surface area contributed by atoms with Gasteiger partial charge in [-0.3, -0.25) is 4.79 Å². The molecule has 0 amide bonds. The Morgan fingerprint density at radius 3 is 2.57 bits per heavy atom. The Balaban J connectivity index is 2.15. The van der Waals surface area contributed by atoms with E-state index in [-0.39, 0.29) is 4.21 Å². The van der Waals surface area contributed by atoms with E-state index in [2.05, 4.69) is 4.72 Å². The number of carbonyl (C=O) groups excluding carboxylic acids is 1. The SMILES string of the molecule is O=C/C=C/C[C@H](/C=C/c1ccccc1)NS(=O)(=O)c1cccs1. The molecule has 1 aromatic carbocycles. The molecule has 2 aromatic rings. The maximum atomic E-state index is 12.3. The Bertz CT molecular complexity index is 763. The third-order valence-electron chi connectivity index (χ3n) is 2.99. The van der Waals surface area contributed by atoms with Crippen LogP contribution in [0.3, 0.4) is 0 Å². The van der Waals surface area contributed by atoms with Crippen LogP contribution < -0.4 is 4.72 Å². The van der Waals surface area contributed by atoms with Crippen LogP contribution in [0, 0.1) is 0 Å². The molecule has 0 unspecified atom stereocenters. The van der Waals surface area contributed by atoms with E-state index in [0.717, 1.165) is 5.56 Å². The fraction of sp³-hybridized carbons (Fsp3) is 0.118. The van der Waals surface area contributed by atoms with Crippen molar-refractivity contribution >= 4 is 33.7 Å². The van der Waals surface area contributed by atoms with Gasteiger partial charge in [0.1, 0.15) is 10.5 Å². The average Bonchev–Trinajstić information content (AvgIpc) is 3.09. The number of carbonyl (C=O) groups is 1. The second-order valence-electron chi connectivity index (χ2n) is 4.73. The van der Waals surface area contributed by atoms with Gasteiger partial charge >= 0.3 is 0 Å². The number of hydrogen-bond acceptors (Lipinski definition) is 4. The molecular formula is C17H17NO3S2. The van der Waals surface area contributed by atoms with E-state index in [1.165, 1.54) is 17.4 Å². The third-order valence-corrected chi connectivity index (χ3v) is 5.88. The second kappa shape index (κ2) is 8.57. The highest BCUT2D eigenvalue weighted by molar-refractivity contribution is 7.91. The molecule has 1 N–H and O–H groups in total. The standard InChI is InChI=1S/C17H17NO3S2/c19-13-5-4-9-16(12-11-15-7-2-1-3-8-15)18-23(20,21)17-10-6-14-22-17/h1-8,10-14,16,18H,9H2/b5-4+,12-11+/t16-/m1/s1. The van der Waals surface area contributed by atoms with Crippen molar-refractivity contribution in [2.75, 3.05) is 0 Å². The summed E-state index contributed by atoms with van der Waals surface area (Å²) in [7, 11) is -3.56. The van der Waals surface area contributed by atoms with E-state index in [1.807, 2.05) is 36.4 Å². The van der Waals surface area contributed by atoms with Gasteiger partial charge in [0.15, 0.2) is 0 Å². The summed E-state index contributed by atoms with van der Waals surface area (Å²) in [4.78, 5) is 10.4. The van der Waals surface area contributed by atoms with Gasteiger partial charge in [-0.1, -0.05) is 54.6 Å². The molecule has 0 bridgehead atoms. The Hall–Kier alpha value is -2.02. The quantitative estimate of drug-likeness (QED) is 0.589. The van der Waals surface area contributed by atoms with Gasteiger partial charge in [0, 0.05) is 6.04 Å². The summed E-state index contributed by atoms with van der Waals surface area (Å²) in [5, 5.41) is 1.72. The summed E-state index contributed by atoms with van der Waals surface area (Å²) in [5.74, 6) is 0. The van der Waals surface area contributed by atoms with Crippen LogP contribution >= 0.6 is 11.3 Å². The number of rotatable bonds is 8. The van der Waals surface area contributed by atoms with E-state index >= 15 is 0 Å². The van der Waals surface area contributed by atoms with Crippen molar-refractivity contribution in [1.29, 1.82) is 0 Å². The lowest BCUT2D eigenvalue weighted by Gasteiger charge is -2.12. The minimum Gasteiger partial charge on any atom is -0.299 e. The molecule has 1 atom stereocenters. The number of nitrogens with one attached hydrogen (secondary N) is 1. The summed E-state index contributed by atoms with van der Waals surface area (Å²) < 4.78 is 27.6. The van der Waals surface area contributed by atoms with Crippen LogP contribution in [0.15, 0.2) is 70.3 Å². The molecule has 0 aliphatic carbocycles. The van der Waals surface area contributed by atoms with Gasteiger partial charge in [-0.15, -0.1) is 11.3 Å². The number of hydrogen-bond donors (Lipinski definition) is 1. The number of allylic oxidation sites excluding steroid dienone is 1. The number of aldehydes is 1. The number of benzene rings is 1. The molecule has 2 rings (SSSR count). The molecule has 4 nitrogen and oxygen atoms in total. The van der Waals surface area contributed by atoms with E-state index in [0.29, 0.717) is 12.7 Å². The van der Waals surface area contributed by atoms with Crippen molar-refractivity contribution in [3.63, 3.8) is 0 Å². The van der Waals surface area contributed by atoms with Gasteiger partial charge < -0.3 is 0 Å². The van der Waals surface area contributed by atoms with Gasteiger partial charge in [-0.25, -0.2) is 13.1 Å². The van der Waals surface area contributed by atoms with Crippen molar-refractivity contribution in [3.8, 4) is 0 Å². The fourth-order valence-corrected chi connectivity index (χ4v) is 4.13. The van der Waals surface area contributed by atoms with Gasteiger partial charge in [0.05, 0.1) is 0 Å². The largest absolute Gasteiger partial charge is 0.299 e. The van der Waals surface area contributed by atoms with Crippen LogP contribution in [0.2, 0.25) is 0 Å². The molecule has 23 heavy (non-hydrogen) atoms. The monoisotopic (exact) mass is 347 g/mol. The van der Waals surface area contributed by atoms with Crippen LogP contribution in [-0.4, -0.2) is 20.7 Å². The zero-order valence-electron chi connectivity index (χ0n) is 12.3. The molecule has 0 saturated carbocycles. The Morgan fingerprint density at radius 1 is 1.13 bits per heavy atom. The Morgan fingerprint density at radius 2 is 1.91 bits per heavy atom. The van der Waals surface area contributed by atoms with E-state index in [1.54, 1.807) is 29.7 Å². The highest BCUT2D eigenvalue weighted by Gasteiger charge is 2.18. The van der Waals surface area contributed by atoms with Crippen molar-refractivity contribution in [2.24, 2.45) is 0 Å². The zero-order chi connectivity index (χ0) is 16.5. The maximum absolute atomic E-state index is 12.3. The van der Waals surface area contributed by atoms with Crippen molar-refractivity contribution in [1.82, 2.24) is 4.72 Å². The lowest BCUT2D eigenvalue weighted by Crippen LogP contribution is -2.32. The summed E-state index contributed by atoms with van der Waals surface area (Å²) in [6, 6.07) is 12.4. The number of sulfonamides is 1. The van der Waals surface area contributed by atoms with Crippen LogP contribution in [0.4, 0.5) is 0 Å². The van der Waals surface area contributed by atoms with Gasteiger partial charge in [-0.2, -0.15) is 0 Å². The summed E-state index contributed by atoms with van der Waals surface area (Å²) in [6.45, 7) is 0. The van der Waals surface area contributed by atoms with Crippen molar-refractivity contribution < 1.29 is 13.2 Å². The predicted molar refractivity (Wildman–Crippen MR) is 93.7 cm³/mol. The lowest BCUT2D eigenvalue weighted by atomic mass is 10.1. The predicted octanol–water partition coefficient (Wildman–Crippen LogP) is 3.25. The van der Waals surface area contributed by atoms with Crippen LogP contribution in [0.5, 0.6) is 0 Å². The molecule has 0 saturated heterocycles. The van der Waals surface area contributed by atoms with Crippen molar-refractivity contribution in [2.45, 2.75) is 16.7 Å². The smallest absolute Gasteiger partial charge is 0.250 e. The molecule has 6 heteroatoms. The summed E-state index contributed by atoms with van der Waals surface area (Å²) in [6.07, 6.45) is 7.72. The van der Waals surface area contributed by atoms with Gasteiger partial charge in [0.25, 0.3) is 10.0 Å². The van der Waals surface area contributed by atoms with Crippen molar-refractivity contribution in [3.05, 3.63) is 71.6 Å². The molecule has 0 aliphatic rings. The first kappa shape index (κ1) is 17.3. The minimum absolute atomic E-state index is 0.273. The fourth-order valence-electron chi connectivity index (χ4n) is 1.91. The lowest BCUT2D eigenvalue weighted by molar-refractivity contribution is -0.104. The molecule has 120 valence electrons.